The summed E-state index contributed by atoms with van der Waals surface area (Å²) in [5.41, 5.74) is 1.64. The highest BCUT2D eigenvalue weighted by atomic mass is 19.1. The van der Waals surface area contributed by atoms with Gasteiger partial charge in [-0.3, -0.25) is 9.20 Å². The standard InChI is InChI=1S/C20H21FN4O/c21-19-18(23-17-8-4-5-11-25(17)19)20(26)22-10-13-24-12-9-16(14-24)15-6-2-1-3-7-15/h1-8,11,16H,9-10,12-14H2,(H,22,26)/t16-/m1/s1. The number of hydrogen-bond acceptors (Lipinski definition) is 3. The maximum absolute atomic E-state index is 14.3. The molecular formula is C20H21FN4O. The van der Waals surface area contributed by atoms with E-state index in [9.17, 15) is 9.18 Å². The van der Waals surface area contributed by atoms with Crippen LogP contribution in [0.25, 0.3) is 5.65 Å². The molecule has 26 heavy (non-hydrogen) atoms. The summed E-state index contributed by atoms with van der Waals surface area (Å²) in [5, 5.41) is 2.79. The van der Waals surface area contributed by atoms with Crippen LogP contribution >= 0.6 is 0 Å². The number of carbonyl (C=O) groups is 1. The molecule has 3 aromatic rings. The second kappa shape index (κ2) is 7.25. The smallest absolute Gasteiger partial charge is 0.274 e. The second-order valence-electron chi connectivity index (χ2n) is 6.63. The van der Waals surface area contributed by atoms with Crippen LogP contribution in [0.5, 0.6) is 0 Å². The van der Waals surface area contributed by atoms with Crippen LogP contribution in [0.3, 0.4) is 0 Å². The van der Waals surface area contributed by atoms with E-state index in [2.05, 4.69) is 39.5 Å². The van der Waals surface area contributed by atoms with Gasteiger partial charge in [0.1, 0.15) is 5.65 Å². The highest BCUT2D eigenvalue weighted by molar-refractivity contribution is 5.93. The van der Waals surface area contributed by atoms with E-state index in [1.54, 1.807) is 24.4 Å². The summed E-state index contributed by atoms with van der Waals surface area (Å²) in [5.74, 6) is -0.545. The van der Waals surface area contributed by atoms with Gasteiger partial charge in [0.2, 0.25) is 5.95 Å². The first-order valence-electron chi connectivity index (χ1n) is 8.90. The van der Waals surface area contributed by atoms with Crippen molar-refractivity contribution in [1.29, 1.82) is 0 Å². The molecule has 1 amide bonds. The van der Waals surface area contributed by atoms with E-state index in [0.717, 1.165) is 26.1 Å². The summed E-state index contributed by atoms with van der Waals surface area (Å²) < 4.78 is 15.6. The number of benzene rings is 1. The first-order valence-corrected chi connectivity index (χ1v) is 8.90. The van der Waals surface area contributed by atoms with E-state index in [0.29, 0.717) is 18.1 Å². The molecule has 0 aliphatic carbocycles. The summed E-state index contributed by atoms with van der Waals surface area (Å²) >= 11 is 0. The monoisotopic (exact) mass is 352 g/mol. The predicted molar refractivity (Wildman–Crippen MR) is 97.7 cm³/mol. The van der Waals surface area contributed by atoms with E-state index in [-0.39, 0.29) is 5.69 Å². The summed E-state index contributed by atoms with van der Waals surface area (Å²) in [4.78, 5) is 18.7. The van der Waals surface area contributed by atoms with Crippen molar-refractivity contribution in [2.24, 2.45) is 0 Å². The van der Waals surface area contributed by atoms with Crippen LogP contribution in [0.15, 0.2) is 54.7 Å². The number of imidazole rings is 1. The molecule has 6 heteroatoms. The molecule has 1 N–H and O–H groups in total. The van der Waals surface area contributed by atoms with Gasteiger partial charge in [-0.1, -0.05) is 36.4 Å². The van der Waals surface area contributed by atoms with E-state index in [1.807, 2.05) is 6.07 Å². The molecule has 0 saturated carbocycles. The third-order valence-corrected chi connectivity index (χ3v) is 4.94. The molecule has 3 heterocycles. The summed E-state index contributed by atoms with van der Waals surface area (Å²) in [7, 11) is 0. The Morgan fingerprint density at radius 1 is 1.19 bits per heavy atom. The van der Waals surface area contributed by atoms with Gasteiger partial charge in [0.15, 0.2) is 5.69 Å². The summed E-state index contributed by atoms with van der Waals surface area (Å²) in [6.45, 7) is 3.23. The van der Waals surface area contributed by atoms with Crippen molar-refractivity contribution >= 4 is 11.6 Å². The molecule has 2 aromatic heterocycles. The lowest BCUT2D eigenvalue weighted by molar-refractivity contribution is 0.0940. The van der Waals surface area contributed by atoms with Crippen LogP contribution in [0, 0.1) is 5.95 Å². The average Bonchev–Trinajstić information content (AvgIpc) is 3.28. The number of halogens is 1. The average molecular weight is 352 g/mol. The molecule has 5 nitrogen and oxygen atoms in total. The number of fused-ring (bicyclic) bond motifs is 1. The zero-order valence-corrected chi connectivity index (χ0v) is 14.4. The van der Waals surface area contributed by atoms with Crippen LogP contribution in [0.2, 0.25) is 0 Å². The molecule has 134 valence electrons. The van der Waals surface area contributed by atoms with Crippen LogP contribution in [-0.2, 0) is 0 Å². The molecule has 1 saturated heterocycles. The molecule has 1 fully saturated rings. The molecule has 1 aromatic carbocycles. The molecule has 0 radical (unpaired) electrons. The quantitative estimate of drug-likeness (QED) is 0.768. The largest absolute Gasteiger partial charge is 0.349 e. The summed E-state index contributed by atoms with van der Waals surface area (Å²) in [6, 6.07) is 15.7. The normalized spacial score (nSPS) is 17.7. The molecule has 0 spiro atoms. The third-order valence-electron chi connectivity index (χ3n) is 4.94. The number of nitrogens with zero attached hydrogens (tertiary/aromatic N) is 3. The van der Waals surface area contributed by atoms with Gasteiger partial charge in [0.05, 0.1) is 0 Å². The Morgan fingerprint density at radius 3 is 2.81 bits per heavy atom. The minimum absolute atomic E-state index is 0.153. The van der Waals surface area contributed by atoms with E-state index in [4.69, 9.17) is 0 Å². The molecule has 1 atom stereocenters. The predicted octanol–water partition coefficient (Wildman–Crippen LogP) is 2.69. The number of likely N-dealkylation sites (tertiary alicyclic amines) is 1. The fourth-order valence-electron chi connectivity index (χ4n) is 3.55. The van der Waals surface area contributed by atoms with Crippen molar-refractivity contribution in [2.45, 2.75) is 12.3 Å². The zero-order chi connectivity index (χ0) is 17.9. The van der Waals surface area contributed by atoms with E-state index in [1.165, 1.54) is 9.96 Å². The van der Waals surface area contributed by atoms with Crippen LogP contribution < -0.4 is 5.32 Å². The minimum Gasteiger partial charge on any atom is -0.349 e. The molecule has 1 aliphatic heterocycles. The topological polar surface area (TPSA) is 49.6 Å². The number of amides is 1. The summed E-state index contributed by atoms with van der Waals surface area (Å²) in [6.07, 6.45) is 2.68. The second-order valence-corrected chi connectivity index (χ2v) is 6.63. The molecule has 4 rings (SSSR count). The lowest BCUT2D eigenvalue weighted by Gasteiger charge is -2.16. The van der Waals surface area contributed by atoms with E-state index < -0.39 is 11.9 Å². The van der Waals surface area contributed by atoms with Crippen LogP contribution in [0.4, 0.5) is 4.39 Å². The van der Waals surface area contributed by atoms with Crippen molar-refractivity contribution in [1.82, 2.24) is 19.6 Å². The lowest BCUT2D eigenvalue weighted by Crippen LogP contribution is -2.34. The van der Waals surface area contributed by atoms with Crippen molar-refractivity contribution in [3.8, 4) is 0 Å². The van der Waals surface area contributed by atoms with Crippen LogP contribution in [0.1, 0.15) is 28.4 Å². The Balaban J connectivity index is 1.31. The van der Waals surface area contributed by atoms with Gasteiger partial charge in [-0.15, -0.1) is 0 Å². The Morgan fingerprint density at radius 2 is 2.00 bits per heavy atom. The van der Waals surface area contributed by atoms with Crippen molar-refractivity contribution in [3.63, 3.8) is 0 Å². The number of hydrogen-bond donors (Lipinski definition) is 1. The molecule has 0 unspecified atom stereocenters. The zero-order valence-electron chi connectivity index (χ0n) is 14.4. The van der Waals surface area contributed by atoms with Gasteiger partial charge in [-0.2, -0.15) is 4.39 Å². The lowest BCUT2D eigenvalue weighted by atomic mass is 9.99. The first-order chi connectivity index (χ1) is 12.7. The van der Waals surface area contributed by atoms with Gasteiger partial charge in [0.25, 0.3) is 5.91 Å². The number of aromatic nitrogens is 2. The Bertz CT molecular complexity index is 909. The Labute approximate surface area is 151 Å². The van der Waals surface area contributed by atoms with Crippen LogP contribution in [-0.4, -0.2) is 46.4 Å². The van der Waals surface area contributed by atoms with Crippen molar-refractivity contribution in [3.05, 3.63) is 71.9 Å². The van der Waals surface area contributed by atoms with Gasteiger partial charge in [-0.25, -0.2) is 4.98 Å². The maximum Gasteiger partial charge on any atom is 0.274 e. The first kappa shape index (κ1) is 16.7. The number of nitrogens with one attached hydrogen (secondary N) is 1. The molecular weight excluding hydrogens is 331 g/mol. The van der Waals surface area contributed by atoms with Gasteiger partial charge >= 0.3 is 0 Å². The highest BCUT2D eigenvalue weighted by Crippen LogP contribution is 2.26. The molecule has 0 bridgehead atoms. The maximum atomic E-state index is 14.3. The van der Waals surface area contributed by atoms with Crippen molar-refractivity contribution < 1.29 is 9.18 Å². The Hall–Kier alpha value is -2.73. The van der Waals surface area contributed by atoms with Gasteiger partial charge in [0, 0.05) is 25.8 Å². The van der Waals surface area contributed by atoms with E-state index >= 15 is 0 Å². The molecule has 1 aliphatic rings. The number of rotatable bonds is 5. The minimum atomic E-state index is -0.622. The Kier molecular flexibility index (Phi) is 4.67. The highest BCUT2D eigenvalue weighted by Gasteiger charge is 2.24. The third kappa shape index (κ3) is 3.32. The SMILES string of the molecule is O=C(NCCN1CC[C@@H](c2ccccc2)C1)c1nc2ccccn2c1F. The van der Waals surface area contributed by atoms with Crippen molar-refractivity contribution in [2.75, 3.05) is 26.2 Å². The van der Waals surface area contributed by atoms with Gasteiger partial charge < -0.3 is 10.2 Å². The van der Waals surface area contributed by atoms with Gasteiger partial charge in [-0.05, 0) is 36.6 Å². The fraction of sp³-hybridized carbons (Fsp3) is 0.300. The number of pyridine rings is 1. The fourth-order valence-corrected chi connectivity index (χ4v) is 3.55. The number of carbonyl (C=O) groups excluding carboxylic acids is 1.